The molecule has 2 N–H and O–H groups in total. The van der Waals surface area contributed by atoms with Crippen molar-refractivity contribution >= 4 is 11.7 Å². The van der Waals surface area contributed by atoms with Crippen LogP contribution in [0.3, 0.4) is 0 Å². The van der Waals surface area contributed by atoms with Crippen LogP contribution in [0.5, 0.6) is 0 Å². The van der Waals surface area contributed by atoms with Crippen LogP contribution in [0.2, 0.25) is 0 Å². The molecular formula is C12H10F3NO2. The lowest BCUT2D eigenvalue weighted by molar-refractivity contribution is -0.138. The van der Waals surface area contributed by atoms with Gasteiger partial charge in [0.15, 0.2) is 0 Å². The minimum Gasteiger partial charge on any atom is -0.478 e. The van der Waals surface area contributed by atoms with Crippen molar-refractivity contribution in [3.05, 3.63) is 29.3 Å². The second-order valence-corrected chi connectivity index (χ2v) is 3.34. The quantitative estimate of drug-likeness (QED) is 0.818. The molecule has 0 amide bonds. The fraction of sp³-hybridized carbons (Fsp3) is 0.250. The first kappa shape index (κ1) is 13.9. The lowest BCUT2D eigenvalue weighted by Gasteiger charge is -2.12. The fourth-order valence-corrected chi connectivity index (χ4v) is 1.31. The molecule has 6 heteroatoms. The van der Waals surface area contributed by atoms with Crippen molar-refractivity contribution in [2.45, 2.75) is 13.1 Å². The van der Waals surface area contributed by atoms with Gasteiger partial charge in [-0.15, -0.1) is 5.92 Å². The molecule has 0 saturated heterocycles. The van der Waals surface area contributed by atoms with Gasteiger partial charge < -0.3 is 10.4 Å². The van der Waals surface area contributed by atoms with Gasteiger partial charge in [0.05, 0.1) is 17.7 Å². The second kappa shape index (κ2) is 5.45. The Bertz CT molecular complexity index is 512. The summed E-state index contributed by atoms with van der Waals surface area (Å²) in [4.78, 5) is 10.7. The van der Waals surface area contributed by atoms with Gasteiger partial charge in [-0.3, -0.25) is 0 Å². The molecule has 0 heterocycles. The summed E-state index contributed by atoms with van der Waals surface area (Å²) in [5.41, 5.74) is -1.77. The first-order chi connectivity index (χ1) is 8.36. The van der Waals surface area contributed by atoms with Crippen LogP contribution in [-0.2, 0) is 6.18 Å². The van der Waals surface area contributed by atoms with Gasteiger partial charge in [0.2, 0.25) is 0 Å². The van der Waals surface area contributed by atoms with Gasteiger partial charge in [-0.2, -0.15) is 13.2 Å². The van der Waals surface area contributed by atoms with Crippen LogP contribution in [0.1, 0.15) is 22.8 Å². The molecule has 96 valence electrons. The second-order valence-electron chi connectivity index (χ2n) is 3.34. The van der Waals surface area contributed by atoms with Crippen molar-refractivity contribution in [1.82, 2.24) is 0 Å². The Morgan fingerprint density at radius 1 is 1.44 bits per heavy atom. The highest BCUT2D eigenvalue weighted by atomic mass is 19.4. The van der Waals surface area contributed by atoms with E-state index in [0.29, 0.717) is 0 Å². The summed E-state index contributed by atoms with van der Waals surface area (Å²) in [6.45, 7) is 1.80. The lowest BCUT2D eigenvalue weighted by atomic mass is 10.1. The number of hydrogen-bond donors (Lipinski definition) is 2. The van der Waals surface area contributed by atoms with Gasteiger partial charge in [-0.25, -0.2) is 4.79 Å². The number of halogens is 3. The fourth-order valence-electron chi connectivity index (χ4n) is 1.31. The van der Waals surface area contributed by atoms with Crippen molar-refractivity contribution in [2.75, 3.05) is 11.9 Å². The largest absolute Gasteiger partial charge is 0.478 e. The number of benzene rings is 1. The predicted molar refractivity (Wildman–Crippen MR) is 60.3 cm³/mol. The van der Waals surface area contributed by atoms with Gasteiger partial charge in [-0.05, 0) is 25.1 Å². The standard InChI is InChI=1S/C12H10F3NO2/c1-2-3-6-16-8-4-5-9(11(17)18)10(7-8)12(13,14)15/h4-5,7,16H,6H2,1H3,(H,17,18). The lowest BCUT2D eigenvalue weighted by Crippen LogP contribution is -2.13. The number of aromatic carboxylic acids is 1. The molecule has 1 aromatic carbocycles. The van der Waals surface area contributed by atoms with Crippen LogP contribution in [0.15, 0.2) is 18.2 Å². The Morgan fingerprint density at radius 2 is 2.11 bits per heavy atom. The minimum absolute atomic E-state index is 0.176. The van der Waals surface area contributed by atoms with Gasteiger partial charge in [0.25, 0.3) is 0 Å². The van der Waals surface area contributed by atoms with Crippen molar-refractivity contribution < 1.29 is 23.1 Å². The van der Waals surface area contributed by atoms with E-state index in [9.17, 15) is 18.0 Å². The summed E-state index contributed by atoms with van der Waals surface area (Å²) in [6, 6.07) is 2.96. The molecule has 0 aliphatic heterocycles. The molecule has 1 aromatic rings. The number of alkyl halides is 3. The van der Waals surface area contributed by atoms with Crippen LogP contribution in [0.4, 0.5) is 18.9 Å². The summed E-state index contributed by atoms with van der Waals surface area (Å²) < 4.78 is 38.0. The minimum atomic E-state index is -4.71. The third-order valence-electron chi connectivity index (χ3n) is 2.11. The average molecular weight is 257 g/mol. The van der Waals surface area contributed by atoms with Gasteiger partial charge in [0.1, 0.15) is 0 Å². The van der Waals surface area contributed by atoms with E-state index in [0.717, 1.165) is 12.1 Å². The summed E-state index contributed by atoms with van der Waals surface area (Å²) in [5, 5.41) is 11.3. The van der Waals surface area contributed by atoms with Crippen molar-refractivity contribution in [1.29, 1.82) is 0 Å². The van der Waals surface area contributed by atoms with E-state index in [-0.39, 0.29) is 12.2 Å². The van der Waals surface area contributed by atoms with Crippen molar-refractivity contribution in [2.24, 2.45) is 0 Å². The average Bonchev–Trinajstić information content (AvgIpc) is 2.28. The zero-order valence-electron chi connectivity index (χ0n) is 9.43. The molecule has 0 aromatic heterocycles. The molecule has 0 aliphatic rings. The van der Waals surface area contributed by atoms with Crippen molar-refractivity contribution in [3.8, 4) is 11.8 Å². The topological polar surface area (TPSA) is 49.3 Å². The van der Waals surface area contributed by atoms with E-state index in [1.165, 1.54) is 6.07 Å². The molecule has 0 saturated carbocycles. The number of carbonyl (C=O) groups is 1. The van der Waals surface area contributed by atoms with Gasteiger partial charge in [0, 0.05) is 5.69 Å². The molecule has 0 bridgehead atoms. The molecular weight excluding hydrogens is 247 g/mol. The maximum absolute atomic E-state index is 12.7. The number of anilines is 1. The highest BCUT2D eigenvalue weighted by molar-refractivity contribution is 5.90. The molecule has 1 rings (SSSR count). The Kier molecular flexibility index (Phi) is 4.21. The van der Waals surface area contributed by atoms with Crippen LogP contribution >= 0.6 is 0 Å². The van der Waals surface area contributed by atoms with Crippen LogP contribution < -0.4 is 5.32 Å². The molecule has 0 aliphatic carbocycles. The van der Waals surface area contributed by atoms with E-state index < -0.39 is 23.3 Å². The SMILES string of the molecule is CC#CCNc1ccc(C(=O)O)c(C(F)(F)F)c1. The number of rotatable bonds is 3. The number of hydrogen-bond acceptors (Lipinski definition) is 2. The predicted octanol–water partition coefficient (Wildman–Crippen LogP) is 2.84. The smallest absolute Gasteiger partial charge is 0.417 e. The molecule has 18 heavy (non-hydrogen) atoms. The zero-order chi connectivity index (χ0) is 13.8. The molecule has 0 fully saturated rings. The first-order valence-electron chi connectivity index (χ1n) is 4.94. The molecule has 0 radical (unpaired) electrons. The highest BCUT2D eigenvalue weighted by Gasteiger charge is 2.35. The van der Waals surface area contributed by atoms with Crippen LogP contribution in [-0.4, -0.2) is 17.6 Å². The van der Waals surface area contributed by atoms with E-state index in [1.54, 1.807) is 6.92 Å². The van der Waals surface area contributed by atoms with Crippen LogP contribution in [0.25, 0.3) is 0 Å². The van der Waals surface area contributed by atoms with E-state index in [4.69, 9.17) is 5.11 Å². The summed E-state index contributed by atoms with van der Waals surface area (Å²) in [6.07, 6.45) is -4.71. The Morgan fingerprint density at radius 3 is 2.61 bits per heavy atom. The zero-order valence-corrected chi connectivity index (χ0v) is 9.43. The maximum atomic E-state index is 12.7. The third kappa shape index (κ3) is 3.42. The monoisotopic (exact) mass is 257 g/mol. The highest BCUT2D eigenvalue weighted by Crippen LogP contribution is 2.33. The molecule has 0 atom stereocenters. The Balaban J connectivity index is 3.12. The van der Waals surface area contributed by atoms with Crippen LogP contribution in [0, 0.1) is 11.8 Å². The summed E-state index contributed by atoms with van der Waals surface area (Å²) >= 11 is 0. The first-order valence-corrected chi connectivity index (χ1v) is 4.94. The summed E-state index contributed by atoms with van der Waals surface area (Å²) in [5.74, 6) is 3.61. The van der Waals surface area contributed by atoms with E-state index in [2.05, 4.69) is 17.2 Å². The normalized spacial score (nSPS) is 10.4. The Hall–Kier alpha value is -2.16. The number of carboxylic acid groups (broad SMARTS) is 1. The van der Waals surface area contributed by atoms with Crippen molar-refractivity contribution in [3.63, 3.8) is 0 Å². The van der Waals surface area contributed by atoms with Gasteiger partial charge >= 0.3 is 12.1 Å². The Labute approximate surface area is 102 Å². The van der Waals surface area contributed by atoms with Gasteiger partial charge in [-0.1, -0.05) is 5.92 Å². The molecule has 0 spiro atoms. The van der Waals surface area contributed by atoms with E-state index in [1.807, 2.05) is 0 Å². The summed E-state index contributed by atoms with van der Waals surface area (Å²) in [7, 11) is 0. The molecule has 0 unspecified atom stereocenters. The third-order valence-corrected chi connectivity index (χ3v) is 2.11. The number of carboxylic acids is 1. The maximum Gasteiger partial charge on any atom is 0.417 e. The van der Waals surface area contributed by atoms with E-state index >= 15 is 0 Å². The number of nitrogens with one attached hydrogen (secondary N) is 1. The molecule has 3 nitrogen and oxygen atoms in total.